The quantitative estimate of drug-likeness (QED) is 0.323. The van der Waals surface area contributed by atoms with Gasteiger partial charge in [0.2, 0.25) is 0 Å². The van der Waals surface area contributed by atoms with Gasteiger partial charge >= 0.3 is 0 Å². The Labute approximate surface area is 200 Å². The van der Waals surface area contributed by atoms with Gasteiger partial charge in [-0.2, -0.15) is 0 Å². The fourth-order valence-electron chi connectivity index (χ4n) is 5.15. The molecule has 5 heteroatoms. The molecule has 0 spiro atoms. The molecule has 0 radical (unpaired) electrons. The molecule has 0 bridgehead atoms. The summed E-state index contributed by atoms with van der Waals surface area (Å²) in [5.74, 6) is 1.56. The summed E-state index contributed by atoms with van der Waals surface area (Å²) in [6.07, 6.45) is 10.1. The van der Waals surface area contributed by atoms with Crippen molar-refractivity contribution in [1.82, 2.24) is 9.97 Å². The number of hydrogen-bond acceptors (Lipinski definition) is 5. The molecular weight excluding hydrogens is 420 g/mol. The first-order valence-corrected chi connectivity index (χ1v) is 12.1. The highest BCUT2D eigenvalue weighted by molar-refractivity contribution is 5.83. The first-order chi connectivity index (χ1) is 16.8. The van der Waals surface area contributed by atoms with Gasteiger partial charge in [-0.3, -0.25) is 9.97 Å². The third-order valence-electron chi connectivity index (χ3n) is 6.81. The molecule has 6 rings (SSSR count). The van der Waals surface area contributed by atoms with Crippen LogP contribution >= 0.6 is 0 Å². The number of anilines is 3. The van der Waals surface area contributed by atoms with Crippen LogP contribution in [0.4, 0.5) is 17.1 Å². The van der Waals surface area contributed by atoms with E-state index in [1.165, 1.54) is 43.5 Å². The molecule has 170 valence electrons. The first-order valence-electron chi connectivity index (χ1n) is 12.1. The molecule has 34 heavy (non-hydrogen) atoms. The van der Waals surface area contributed by atoms with Crippen LogP contribution in [-0.4, -0.2) is 22.7 Å². The van der Waals surface area contributed by atoms with Crippen molar-refractivity contribution in [2.24, 2.45) is 0 Å². The van der Waals surface area contributed by atoms with Gasteiger partial charge < -0.3 is 14.5 Å². The third kappa shape index (κ3) is 4.10. The minimum atomic E-state index is 0.626. The first kappa shape index (κ1) is 20.7. The summed E-state index contributed by atoms with van der Waals surface area (Å²) in [6, 6.07) is 27.4. The van der Waals surface area contributed by atoms with Crippen molar-refractivity contribution in [2.45, 2.75) is 38.1 Å². The number of aromatic nitrogens is 2. The third-order valence-corrected chi connectivity index (χ3v) is 6.81. The Hall–Kier alpha value is -3.86. The Morgan fingerprint density at radius 3 is 2.32 bits per heavy atom. The molecule has 2 aromatic carbocycles. The highest BCUT2D eigenvalue weighted by atomic mass is 16.5. The summed E-state index contributed by atoms with van der Waals surface area (Å²) >= 11 is 0. The lowest BCUT2D eigenvalue weighted by molar-refractivity contribution is 0.420. The van der Waals surface area contributed by atoms with Crippen LogP contribution in [-0.2, 0) is 0 Å². The number of rotatable bonds is 5. The number of fused-ring (bicyclic) bond motifs is 1. The van der Waals surface area contributed by atoms with E-state index in [-0.39, 0.29) is 0 Å². The van der Waals surface area contributed by atoms with E-state index in [1.807, 2.05) is 36.4 Å². The Balaban J connectivity index is 1.26. The van der Waals surface area contributed by atoms with Crippen molar-refractivity contribution in [3.8, 4) is 22.9 Å². The zero-order valence-corrected chi connectivity index (χ0v) is 19.2. The maximum atomic E-state index is 6.26. The summed E-state index contributed by atoms with van der Waals surface area (Å²) in [4.78, 5) is 13.9. The van der Waals surface area contributed by atoms with E-state index in [0.717, 1.165) is 35.2 Å². The summed E-state index contributed by atoms with van der Waals surface area (Å²) in [6.45, 7) is 0.881. The van der Waals surface area contributed by atoms with E-state index in [9.17, 15) is 0 Å². The summed E-state index contributed by atoms with van der Waals surface area (Å²) in [5.41, 5.74) is 5.38. The van der Waals surface area contributed by atoms with Crippen LogP contribution in [0.15, 0.2) is 91.3 Å². The van der Waals surface area contributed by atoms with E-state index < -0.39 is 0 Å². The van der Waals surface area contributed by atoms with Crippen LogP contribution in [0.5, 0.6) is 11.5 Å². The summed E-state index contributed by atoms with van der Waals surface area (Å²) in [5, 5.41) is 0. The van der Waals surface area contributed by atoms with Crippen LogP contribution < -0.4 is 14.5 Å². The van der Waals surface area contributed by atoms with Crippen LogP contribution in [0.1, 0.15) is 32.1 Å². The van der Waals surface area contributed by atoms with Gasteiger partial charge in [0.15, 0.2) is 0 Å². The zero-order chi connectivity index (χ0) is 22.7. The number of ether oxygens (including phenoxy) is 1. The van der Waals surface area contributed by atoms with Crippen LogP contribution in [0.25, 0.3) is 11.4 Å². The van der Waals surface area contributed by atoms with Crippen molar-refractivity contribution < 1.29 is 4.74 Å². The predicted octanol–water partition coefficient (Wildman–Crippen LogP) is 7.18. The monoisotopic (exact) mass is 448 g/mol. The van der Waals surface area contributed by atoms with E-state index in [2.05, 4.69) is 62.2 Å². The lowest BCUT2D eigenvalue weighted by atomic mass is 9.94. The van der Waals surface area contributed by atoms with Crippen molar-refractivity contribution in [1.29, 1.82) is 0 Å². The second-order valence-corrected chi connectivity index (χ2v) is 9.01. The molecule has 0 saturated heterocycles. The SMILES string of the molecule is c1ccc(-c2cc(Oc3cccc(N4CN(C5CCCCC5)c5ccccc54)c3)ccn2)nc1. The second-order valence-electron chi connectivity index (χ2n) is 9.01. The highest BCUT2D eigenvalue weighted by Crippen LogP contribution is 2.44. The minimum Gasteiger partial charge on any atom is -0.457 e. The largest absolute Gasteiger partial charge is 0.457 e. The van der Waals surface area contributed by atoms with Crippen molar-refractivity contribution in [3.05, 3.63) is 91.3 Å². The number of hydrogen-bond donors (Lipinski definition) is 0. The Bertz CT molecular complexity index is 1270. The molecule has 1 aliphatic heterocycles. The molecule has 5 nitrogen and oxygen atoms in total. The second kappa shape index (κ2) is 9.18. The number of nitrogens with zero attached hydrogens (tertiary/aromatic N) is 4. The molecule has 4 aromatic rings. The maximum absolute atomic E-state index is 6.26. The number of pyridine rings is 2. The molecule has 1 saturated carbocycles. The van der Waals surface area contributed by atoms with Gasteiger partial charge in [0.05, 0.1) is 29.4 Å². The van der Waals surface area contributed by atoms with Crippen molar-refractivity contribution >= 4 is 17.1 Å². The topological polar surface area (TPSA) is 41.5 Å². The van der Waals surface area contributed by atoms with Crippen molar-refractivity contribution in [2.75, 3.05) is 16.5 Å². The maximum Gasteiger partial charge on any atom is 0.131 e. The molecule has 0 amide bonds. The molecule has 0 N–H and O–H groups in total. The Kier molecular flexibility index (Phi) is 5.60. The predicted molar refractivity (Wildman–Crippen MR) is 137 cm³/mol. The molecule has 1 fully saturated rings. The normalized spacial score (nSPS) is 15.9. The molecule has 2 aromatic heterocycles. The fraction of sp³-hybridized carbons (Fsp3) is 0.241. The zero-order valence-electron chi connectivity index (χ0n) is 19.2. The highest BCUT2D eigenvalue weighted by Gasteiger charge is 2.32. The van der Waals surface area contributed by atoms with Gasteiger partial charge in [-0.1, -0.05) is 43.5 Å². The van der Waals surface area contributed by atoms with E-state index >= 15 is 0 Å². The van der Waals surface area contributed by atoms with Gasteiger partial charge in [-0.25, -0.2) is 0 Å². The smallest absolute Gasteiger partial charge is 0.131 e. The molecule has 0 unspecified atom stereocenters. The molecule has 0 atom stereocenters. The average molecular weight is 449 g/mol. The Morgan fingerprint density at radius 1 is 0.676 bits per heavy atom. The van der Waals surface area contributed by atoms with Gasteiger partial charge in [-0.15, -0.1) is 0 Å². The summed E-state index contributed by atoms with van der Waals surface area (Å²) in [7, 11) is 0. The van der Waals surface area contributed by atoms with E-state index in [4.69, 9.17) is 4.74 Å². The number of para-hydroxylation sites is 2. The molecular formula is C29H28N4O. The van der Waals surface area contributed by atoms with E-state index in [1.54, 1.807) is 12.4 Å². The molecule has 1 aliphatic carbocycles. The van der Waals surface area contributed by atoms with Crippen molar-refractivity contribution in [3.63, 3.8) is 0 Å². The number of benzene rings is 2. The van der Waals surface area contributed by atoms with Gasteiger partial charge in [-0.05, 0) is 55.3 Å². The Morgan fingerprint density at radius 2 is 1.47 bits per heavy atom. The minimum absolute atomic E-state index is 0.626. The van der Waals surface area contributed by atoms with Gasteiger partial charge in [0, 0.05) is 36.3 Å². The lowest BCUT2D eigenvalue weighted by Crippen LogP contribution is -2.38. The van der Waals surface area contributed by atoms with Crippen LogP contribution in [0, 0.1) is 0 Å². The lowest BCUT2D eigenvalue weighted by Gasteiger charge is -2.33. The van der Waals surface area contributed by atoms with E-state index in [0.29, 0.717) is 6.04 Å². The average Bonchev–Trinajstić information content (AvgIpc) is 3.30. The summed E-state index contributed by atoms with van der Waals surface area (Å²) < 4.78 is 6.26. The standard InChI is InChI=1S/C29H28N4O/c1-2-9-22(10-3-1)32-21-33(29-15-5-4-14-28(29)32)23-11-8-12-24(19-23)34-25-16-18-31-27(20-25)26-13-6-7-17-30-26/h4-8,11-20,22H,1-3,9-10,21H2. The molecule has 3 heterocycles. The van der Waals surface area contributed by atoms with Gasteiger partial charge in [0.1, 0.15) is 11.5 Å². The molecule has 2 aliphatic rings. The van der Waals surface area contributed by atoms with Gasteiger partial charge in [0.25, 0.3) is 0 Å². The van der Waals surface area contributed by atoms with Crippen LogP contribution in [0.2, 0.25) is 0 Å². The fourth-order valence-corrected chi connectivity index (χ4v) is 5.15. The van der Waals surface area contributed by atoms with Crippen LogP contribution in [0.3, 0.4) is 0 Å².